The van der Waals surface area contributed by atoms with Crippen molar-refractivity contribution in [3.05, 3.63) is 58.8 Å². The van der Waals surface area contributed by atoms with Crippen LogP contribution in [-0.2, 0) is 6.18 Å². The number of nitrogens with one attached hydrogen (secondary N) is 1. The van der Waals surface area contributed by atoms with Gasteiger partial charge in [0.2, 0.25) is 0 Å². The number of benzene rings is 1. The summed E-state index contributed by atoms with van der Waals surface area (Å²) in [5.74, 6) is 0. The lowest BCUT2D eigenvalue weighted by atomic mass is 10.1. The van der Waals surface area contributed by atoms with Crippen LogP contribution in [0.2, 0.25) is 0 Å². The highest BCUT2D eigenvalue weighted by Crippen LogP contribution is 2.32. The Bertz CT molecular complexity index is 1500. The van der Waals surface area contributed by atoms with E-state index in [0.717, 1.165) is 22.9 Å². The van der Waals surface area contributed by atoms with Crippen LogP contribution >= 0.6 is 0 Å². The summed E-state index contributed by atoms with van der Waals surface area (Å²) in [7, 11) is 0. The fourth-order valence-corrected chi connectivity index (χ4v) is 3.41. The predicted molar refractivity (Wildman–Crippen MR) is 96.5 cm³/mol. The molecule has 1 aromatic carbocycles. The molecule has 0 aliphatic rings. The first kappa shape index (κ1) is 18.2. The number of aromatic nitrogens is 6. The monoisotopic (exact) mass is 420 g/mol. The number of hydrogen-bond donors (Lipinski definition) is 1. The average Bonchev–Trinajstić information content (AvgIpc) is 3.35. The van der Waals surface area contributed by atoms with Crippen LogP contribution in [0.5, 0.6) is 0 Å². The Morgan fingerprint density at radius 3 is 2.57 bits per heavy atom. The maximum Gasteiger partial charge on any atom is 0.433 e. The third-order valence-corrected chi connectivity index (χ3v) is 4.71. The van der Waals surface area contributed by atoms with Crippen LogP contribution in [0.15, 0.2) is 47.5 Å². The third-order valence-electron chi connectivity index (χ3n) is 4.71. The highest BCUT2D eigenvalue weighted by atomic mass is 19.4. The van der Waals surface area contributed by atoms with E-state index >= 15 is 0 Å². The Kier molecular flexibility index (Phi) is 3.69. The molecule has 0 aliphatic heterocycles. The summed E-state index contributed by atoms with van der Waals surface area (Å²) < 4.78 is 67.4. The summed E-state index contributed by atoms with van der Waals surface area (Å²) in [6.45, 7) is -3.03. The van der Waals surface area contributed by atoms with Crippen molar-refractivity contribution in [3.8, 4) is 5.69 Å². The van der Waals surface area contributed by atoms with Gasteiger partial charge in [0.25, 0.3) is 5.56 Å². The highest BCUT2D eigenvalue weighted by molar-refractivity contribution is 6.04. The quantitative estimate of drug-likeness (QED) is 0.438. The van der Waals surface area contributed by atoms with Gasteiger partial charge in [0, 0.05) is 22.4 Å². The van der Waals surface area contributed by atoms with Crippen molar-refractivity contribution in [3.63, 3.8) is 0 Å². The molecule has 0 radical (unpaired) electrons. The van der Waals surface area contributed by atoms with Crippen LogP contribution in [0.4, 0.5) is 22.0 Å². The van der Waals surface area contributed by atoms with Crippen LogP contribution in [-0.4, -0.2) is 29.5 Å². The van der Waals surface area contributed by atoms with Gasteiger partial charge in [-0.3, -0.25) is 14.5 Å². The molecule has 152 valence electrons. The lowest BCUT2D eigenvalue weighted by molar-refractivity contribution is -0.141. The van der Waals surface area contributed by atoms with E-state index in [1.54, 1.807) is 12.1 Å². The van der Waals surface area contributed by atoms with Gasteiger partial charge in [-0.15, -0.1) is 0 Å². The van der Waals surface area contributed by atoms with Crippen LogP contribution in [0.1, 0.15) is 12.2 Å². The first-order valence-corrected chi connectivity index (χ1v) is 8.48. The summed E-state index contributed by atoms with van der Waals surface area (Å²) in [5.41, 5.74) is -2.02. The van der Waals surface area contributed by atoms with E-state index in [9.17, 15) is 26.7 Å². The van der Waals surface area contributed by atoms with Gasteiger partial charge in [0.15, 0.2) is 5.52 Å². The SMILES string of the molecule is O=c1c2nn(C(F)F)cc2c2ccc(C(F)(F)F)nc2n1-c1cccc2[nH]ncc12. The summed E-state index contributed by atoms with van der Waals surface area (Å²) in [6, 6.07) is 6.56. The van der Waals surface area contributed by atoms with Crippen LogP contribution < -0.4 is 5.56 Å². The van der Waals surface area contributed by atoms with Gasteiger partial charge in [-0.2, -0.15) is 32.1 Å². The van der Waals surface area contributed by atoms with Crippen molar-refractivity contribution in [2.24, 2.45) is 0 Å². The Labute approximate surface area is 162 Å². The zero-order chi connectivity index (χ0) is 21.2. The van der Waals surface area contributed by atoms with Crippen molar-refractivity contribution in [1.82, 2.24) is 29.5 Å². The van der Waals surface area contributed by atoms with Crippen LogP contribution in [0, 0.1) is 0 Å². The topological polar surface area (TPSA) is 81.4 Å². The number of nitrogens with zero attached hydrogens (tertiary/aromatic N) is 5. The number of halogens is 5. The van der Waals surface area contributed by atoms with Crippen molar-refractivity contribution < 1.29 is 22.0 Å². The molecule has 7 nitrogen and oxygen atoms in total. The Balaban J connectivity index is 2.00. The molecule has 4 aromatic heterocycles. The molecule has 4 heterocycles. The second-order valence-electron chi connectivity index (χ2n) is 6.46. The van der Waals surface area contributed by atoms with Crippen molar-refractivity contribution in [1.29, 1.82) is 0 Å². The van der Waals surface area contributed by atoms with Crippen LogP contribution in [0.25, 0.3) is 38.5 Å². The van der Waals surface area contributed by atoms with E-state index < -0.39 is 24.0 Å². The minimum atomic E-state index is -4.77. The molecule has 0 fully saturated rings. The Hall–Kier alpha value is -3.83. The number of hydrogen-bond acceptors (Lipinski definition) is 4. The van der Waals surface area contributed by atoms with E-state index in [2.05, 4.69) is 20.3 Å². The lowest BCUT2D eigenvalue weighted by Gasteiger charge is -2.13. The molecular weight excluding hydrogens is 411 g/mol. The molecule has 0 saturated heterocycles. The van der Waals surface area contributed by atoms with E-state index in [-0.39, 0.29) is 32.3 Å². The van der Waals surface area contributed by atoms with Gasteiger partial charge in [0.05, 0.1) is 17.4 Å². The summed E-state index contributed by atoms with van der Waals surface area (Å²) in [6.07, 6.45) is -2.45. The molecule has 0 bridgehead atoms. The number of alkyl halides is 5. The van der Waals surface area contributed by atoms with E-state index in [4.69, 9.17) is 0 Å². The maximum atomic E-state index is 13.3. The lowest BCUT2D eigenvalue weighted by Crippen LogP contribution is -2.21. The summed E-state index contributed by atoms with van der Waals surface area (Å²) >= 11 is 0. The molecule has 30 heavy (non-hydrogen) atoms. The van der Waals surface area contributed by atoms with Gasteiger partial charge in [-0.1, -0.05) is 6.07 Å². The molecule has 0 aliphatic carbocycles. The van der Waals surface area contributed by atoms with Crippen molar-refractivity contribution in [2.75, 3.05) is 0 Å². The van der Waals surface area contributed by atoms with Gasteiger partial charge >= 0.3 is 12.7 Å². The molecule has 0 amide bonds. The zero-order valence-electron chi connectivity index (χ0n) is 14.7. The molecular formula is C18H9F5N6O. The first-order valence-electron chi connectivity index (χ1n) is 8.48. The van der Waals surface area contributed by atoms with Gasteiger partial charge in [0.1, 0.15) is 11.3 Å². The zero-order valence-corrected chi connectivity index (χ0v) is 14.7. The van der Waals surface area contributed by atoms with Gasteiger partial charge in [-0.25, -0.2) is 9.67 Å². The van der Waals surface area contributed by atoms with E-state index in [1.807, 2.05) is 0 Å². The molecule has 0 saturated carbocycles. The minimum Gasteiger partial charge on any atom is -0.278 e. The molecule has 5 aromatic rings. The molecule has 12 heteroatoms. The molecule has 1 N–H and O–H groups in total. The summed E-state index contributed by atoms with van der Waals surface area (Å²) in [5, 5.41) is 10.7. The Morgan fingerprint density at radius 2 is 1.83 bits per heavy atom. The number of H-pyrrole nitrogens is 1. The number of rotatable bonds is 2. The fraction of sp³-hybridized carbons (Fsp3) is 0.111. The second-order valence-corrected chi connectivity index (χ2v) is 6.46. The molecule has 5 rings (SSSR count). The average molecular weight is 420 g/mol. The summed E-state index contributed by atoms with van der Waals surface area (Å²) in [4.78, 5) is 16.9. The van der Waals surface area contributed by atoms with Crippen molar-refractivity contribution in [2.45, 2.75) is 12.7 Å². The molecule has 0 unspecified atom stereocenters. The molecule has 0 atom stereocenters. The maximum absolute atomic E-state index is 13.3. The van der Waals surface area contributed by atoms with Gasteiger partial charge in [-0.05, 0) is 24.3 Å². The molecule has 0 spiro atoms. The Morgan fingerprint density at radius 1 is 1.03 bits per heavy atom. The predicted octanol–water partition coefficient (Wildman–Crippen LogP) is 4.03. The number of pyridine rings is 2. The van der Waals surface area contributed by atoms with E-state index in [1.165, 1.54) is 12.3 Å². The normalized spacial score (nSPS) is 12.6. The van der Waals surface area contributed by atoms with Gasteiger partial charge < -0.3 is 0 Å². The fourth-order valence-electron chi connectivity index (χ4n) is 3.41. The minimum absolute atomic E-state index is 0.0212. The largest absolute Gasteiger partial charge is 0.433 e. The van der Waals surface area contributed by atoms with Crippen molar-refractivity contribution >= 4 is 32.8 Å². The number of aromatic amines is 1. The third kappa shape index (κ3) is 2.56. The smallest absolute Gasteiger partial charge is 0.278 e. The first-order chi connectivity index (χ1) is 14.3. The second kappa shape index (κ2) is 6.08. The van der Waals surface area contributed by atoms with Crippen LogP contribution in [0.3, 0.4) is 0 Å². The van der Waals surface area contributed by atoms with E-state index in [0.29, 0.717) is 10.9 Å². The standard InChI is InChI=1S/C18H9F5N6O/c19-17(20)28-7-10-8-4-5-13(18(21,22)23)25-15(8)29(16(30)14(10)27-28)12-3-1-2-11-9(12)6-24-26-11/h1-7,17H,(H,24,26). The highest BCUT2D eigenvalue weighted by Gasteiger charge is 2.33. The number of fused-ring (bicyclic) bond motifs is 4.